The Hall–Kier alpha value is -1.99. The molecule has 0 aliphatic rings. The van der Waals surface area contributed by atoms with E-state index in [0.717, 1.165) is 10.9 Å². The number of nitriles is 1. The van der Waals surface area contributed by atoms with E-state index < -0.39 is 0 Å². The summed E-state index contributed by atoms with van der Waals surface area (Å²) in [5.41, 5.74) is 1.41. The van der Waals surface area contributed by atoms with Crippen molar-refractivity contribution in [2.45, 2.75) is 13.3 Å². The molecule has 0 unspecified atom stereocenters. The lowest BCUT2D eigenvalue weighted by atomic mass is 10.1. The van der Waals surface area contributed by atoms with Crippen LogP contribution in [0.5, 0.6) is 0 Å². The number of carbonyl (C=O) groups is 1. The molecule has 1 amide bonds. The van der Waals surface area contributed by atoms with Crippen LogP contribution in [0.1, 0.15) is 22.5 Å². The zero-order chi connectivity index (χ0) is 14.0. The second-order valence-electron chi connectivity index (χ2n) is 4.33. The standard InChI is InChI=1S/C14H13ClN2O2/c1-9-11-8-10(15)4-5-12(11)19-13(9)14(18)17(2)7-3-6-16/h4-5,8H,3,7H2,1-2H3. The van der Waals surface area contributed by atoms with Crippen molar-refractivity contribution in [3.63, 3.8) is 0 Å². The van der Waals surface area contributed by atoms with Gasteiger partial charge in [0.1, 0.15) is 5.58 Å². The molecule has 0 saturated heterocycles. The Labute approximate surface area is 116 Å². The topological polar surface area (TPSA) is 57.2 Å². The van der Waals surface area contributed by atoms with Crippen LogP contribution < -0.4 is 0 Å². The zero-order valence-electron chi connectivity index (χ0n) is 10.7. The fourth-order valence-electron chi connectivity index (χ4n) is 1.89. The van der Waals surface area contributed by atoms with E-state index >= 15 is 0 Å². The molecule has 1 aromatic heterocycles. The van der Waals surface area contributed by atoms with Gasteiger partial charge in [0.15, 0.2) is 5.76 Å². The molecule has 0 bridgehead atoms. The van der Waals surface area contributed by atoms with E-state index in [9.17, 15) is 4.79 Å². The molecule has 1 aromatic carbocycles. The third kappa shape index (κ3) is 2.56. The van der Waals surface area contributed by atoms with Gasteiger partial charge < -0.3 is 9.32 Å². The molecule has 0 saturated carbocycles. The predicted octanol–water partition coefficient (Wildman–Crippen LogP) is 3.38. The van der Waals surface area contributed by atoms with Gasteiger partial charge in [-0.3, -0.25) is 4.79 Å². The Morgan fingerprint density at radius 1 is 1.53 bits per heavy atom. The maximum absolute atomic E-state index is 12.2. The van der Waals surface area contributed by atoms with Crippen molar-refractivity contribution in [1.29, 1.82) is 5.26 Å². The Kier molecular flexibility index (Phi) is 3.77. The first kappa shape index (κ1) is 13.4. The molecule has 0 aliphatic heterocycles. The van der Waals surface area contributed by atoms with E-state index in [2.05, 4.69) is 0 Å². The number of amides is 1. The summed E-state index contributed by atoms with van der Waals surface area (Å²) in [5, 5.41) is 9.98. The number of fused-ring (bicyclic) bond motifs is 1. The van der Waals surface area contributed by atoms with Crippen LogP contribution >= 0.6 is 11.6 Å². The highest BCUT2D eigenvalue weighted by Crippen LogP contribution is 2.28. The number of hydrogen-bond acceptors (Lipinski definition) is 3. The summed E-state index contributed by atoms with van der Waals surface area (Å²) < 4.78 is 5.58. The van der Waals surface area contributed by atoms with E-state index in [1.807, 2.05) is 13.0 Å². The van der Waals surface area contributed by atoms with Crippen molar-refractivity contribution in [3.05, 3.63) is 34.5 Å². The number of aryl methyl sites for hydroxylation is 1. The third-order valence-electron chi connectivity index (χ3n) is 3.00. The number of benzene rings is 1. The van der Waals surface area contributed by atoms with Gasteiger partial charge in [-0.15, -0.1) is 0 Å². The van der Waals surface area contributed by atoms with Crippen LogP contribution in [0.25, 0.3) is 11.0 Å². The zero-order valence-corrected chi connectivity index (χ0v) is 11.5. The molecule has 4 nitrogen and oxygen atoms in total. The van der Waals surface area contributed by atoms with Gasteiger partial charge in [0.2, 0.25) is 0 Å². The highest BCUT2D eigenvalue weighted by Gasteiger charge is 2.20. The largest absolute Gasteiger partial charge is 0.451 e. The van der Waals surface area contributed by atoms with Crippen LogP contribution in [-0.4, -0.2) is 24.4 Å². The monoisotopic (exact) mass is 276 g/mol. The van der Waals surface area contributed by atoms with Gasteiger partial charge >= 0.3 is 0 Å². The minimum atomic E-state index is -0.222. The maximum Gasteiger partial charge on any atom is 0.289 e. The smallest absolute Gasteiger partial charge is 0.289 e. The molecular formula is C14H13ClN2O2. The van der Waals surface area contributed by atoms with Gasteiger partial charge in [0.25, 0.3) is 5.91 Å². The number of nitrogens with zero attached hydrogens (tertiary/aromatic N) is 2. The summed E-state index contributed by atoms with van der Waals surface area (Å²) >= 11 is 5.94. The minimum absolute atomic E-state index is 0.222. The van der Waals surface area contributed by atoms with Crippen LogP contribution in [0.3, 0.4) is 0 Å². The first-order valence-corrected chi connectivity index (χ1v) is 6.23. The molecule has 0 atom stereocenters. The summed E-state index contributed by atoms with van der Waals surface area (Å²) in [4.78, 5) is 13.7. The molecule has 0 N–H and O–H groups in total. The summed E-state index contributed by atoms with van der Waals surface area (Å²) in [6, 6.07) is 7.26. The Morgan fingerprint density at radius 2 is 2.26 bits per heavy atom. The van der Waals surface area contributed by atoms with Gasteiger partial charge in [0.05, 0.1) is 12.5 Å². The molecule has 0 radical (unpaired) electrons. The summed E-state index contributed by atoms with van der Waals surface area (Å²) in [7, 11) is 1.65. The Balaban J connectivity index is 2.38. The average molecular weight is 277 g/mol. The molecule has 0 spiro atoms. The minimum Gasteiger partial charge on any atom is -0.451 e. The second kappa shape index (κ2) is 5.33. The lowest BCUT2D eigenvalue weighted by molar-refractivity contribution is 0.0768. The highest BCUT2D eigenvalue weighted by molar-refractivity contribution is 6.31. The van der Waals surface area contributed by atoms with Crippen molar-refractivity contribution in [2.24, 2.45) is 0 Å². The number of carbonyl (C=O) groups excluding carboxylic acids is 1. The molecule has 1 heterocycles. The van der Waals surface area contributed by atoms with Crippen LogP contribution in [0.2, 0.25) is 5.02 Å². The highest BCUT2D eigenvalue weighted by atomic mass is 35.5. The van der Waals surface area contributed by atoms with Gasteiger partial charge in [-0.25, -0.2) is 0 Å². The lowest BCUT2D eigenvalue weighted by Crippen LogP contribution is -2.27. The quantitative estimate of drug-likeness (QED) is 0.863. The molecule has 2 aromatic rings. The number of hydrogen-bond donors (Lipinski definition) is 0. The number of rotatable bonds is 3. The van der Waals surface area contributed by atoms with Gasteiger partial charge in [-0.1, -0.05) is 11.6 Å². The van der Waals surface area contributed by atoms with Crippen molar-refractivity contribution in [3.8, 4) is 6.07 Å². The fraction of sp³-hybridized carbons (Fsp3) is 0.286. The Morgan fingerprint density at radius 3 is 2.95 bits per heavy atom. The Bertz CT molecular complexity index is 670. The van der Waals surface area contributed by atoms with E-state index in [0.29, 0.717) is 29.3 Å². The van der Waals surface area contributed by atoms with Crippen LogP contribution in [0, 0.1) is 18.3 Å². The molecule has 98 valence electrons. The lowest BCUT2D eigenvalue weighted by Gasteiger charge is -2.13. The van der Waals surface area contributed by atoms with E-state index in [1.165, 1.54) is 4.90 Å². The SMILES string of the molecule is Cc1c(C(=O)N(C)CCC#N)oc2ccc(Cl)cc12. The molecule has 0 fully saturated rings. The van der Waals surface area contributed by atoms with E-state index in [4.69, 9.17) is 21.3 Å². The van der Waals surface area contributed by atoms with Gasteiger partial charge in [-0.05, 0) is 25.1 Å². The van der Waals surface area contributed by atoms with Crippen molar-refractivity contribution in [2.75, 3.05) is 13.6 Å². The first-order chi connectivity index (χ1) is 9.04. The normalized spacial score (nSPS) is 10.4. The van der Waals surface area contributed by atoms with Gasteiger partial charge in [0, 0.05) is 29.6 Å². The second-order valence-corrected chi connectivity index (χ2v) is 4.77. The fourth-order valence-corrected chi connectivity index (χ4v) is 2.06. The summed E-state index contributed by atoms with van der Waals surface area (Å²) in [5.74, 6) is 0.0813. The van der Waals surface area contributed by atoms with Gasteiger partial charge in [-0.2, -0.15) is 5.26 Å². The van der Waals surface area contributed by atoms with E-state index in [-0.39, 0.29) is 5.91 Å². The molecule has 2 rings (SSSR count). The van der Waals surface area contributed by atoms with Crippen molar-refractivity contribution < 1.29 is 9.21 Å². The number of furan rings is 1. The average Bonchev–Trinajstić information content (AvgIpc) is 2.72. The maximum atomic E-state index is 12.2. The van der Waals surface area contributed by atoms with Crippen LogP contribution in [-0.2, 0) is 0 Å². The van der Waals surface area contributed by atoms with E-state index in [1.54, 1.807) is 25.2 Å². The van der Waals surface area contributed by atoms with Crippen LogP contribution in [0.15, 0.2) is 22.6 Å². The predicted molar refractivity (Wildman–Crippen MR) is 73.2 cm³/mol. The number of halogens is 1. The first-order valence-electron chi connectivity index (χ1n) is 5.85. The van der Waals surface area contributed by atoms with Crippen molar-refractivity contribution in [1.82, 2.24) is 4.90 Å². The summed E-state index contributed by atoms with van der Waals surface area (Å²) in [6.45, 7) is 2.21. The third-order valence-corrected chi connectivity index (χ3v) is 3.23. The van der Waals surface area contributed by atoms with Crippen molar-refractivity contribution >= 4 is 28.5 Å². The molecule has 0 aliphatic carbocycles. The summed E-state index contributed by atoms with van der Waals surface area (Å²) in [6.07, 6.45) is 0.299. The van der Waals surface area contributed by atoms with Crippen LogP contribution in [0.4, 0.5) is 0 Å². The molecule has 19 heavy (non-hydrogen) atoms. The molecule has 5 heteroatoms. The molecular weight excluding hydrogens is 264 g/mol.